The van der Waals surface area contributed by atoms with Gasteiger partial charge in [-0.3, -0.25) is 0 Å². The molecule has 0 saturated heterocycles. The van der Waals surface area contributed by atoms with Crippen LogP contribution in [0.2, 0.25) is 0 Å². The van der Waals surface area contributed by atoms with Crippen molar-refractivity contribution in [3.63, 3.8) is 0 Å². The van der Waals surface area contributed by atoms with Gasteiger partial charge in [0.1, 0.15) is 0 Å². The molecule has 2 heteroatoms. The summed E-state index contributed by atoms with van der Waals surface area (Å²) in [5.41, 5.74) is 8.85. The highest BCUT2D eigenvalue weighted by Crippen LogP contribution is 2.67. The molecule has 0 aromatic carbocycles. The summed E-state index contributed by atoms with van der Waals surface area (Å²) >= 11 is 0. The summed E-state index contributed by atoms with van der Waals surface area (Å²) in [6.45, 7) is 9.78. The van der Waals surface area contributed by atoms with Crippen LogP contribution in [0.25, 0.3) is 0 Å². The molecule has 0 spiro atoms. The first kappa shape index (κ1) is 17.1. The molecule has 9 atom stereocenters. The summed E-state index contributed by atoms with van der Waals surface area (Å²) in [5, 5.41) is 10.1. The van der Waals surface area contributed by atoms with E-state index < -0.39 is 0 Å². The zero-order valence-corrected chi connectivity index (χ0v) is 16.1. The van der Waals surface area contributed by atoms with Gasteiger partial charge in [0.15, 0.2) is 0 Å². The topological polar surface area (TPSA) is 46.2 Å². The number of aliphatic hydroxyl groups is 1. The molecule has 3 N–H and O–H groups in total. The highest BCUT2D eigenvalue weighted by molar-refractivity contribution is 5.25. The van der Waals surface area contributed by atoms with Crippen molar-refractivity contribution >= 4 is 0 Å². The molecular formula is C22H37NO. The summed E-state index contributed by atoms with van der Waals surface area (Å²) in [4.78, 5) is 0. The highest BCUT2D eigenvalue weighted by atomic mass is 16.3. The second kappa shape index (κ2) is 5.58. The fourth-order valence-electron chi connectivity index (χ4n) is 8.16. The molecular weight excluding hydrogens is 294 g/mol. The third kappa shape index (κ3) is 2.21. The van der Waals surface area contributed by atoms with Gasteiger partial charge in [-0.15, -0.1) is 0 Å². The number of fused-ring (bicyclic) bond motifs is 5. The molecule has 3 saturated carbocycles. The van der Waals surface area contributed by atoms with Gasteiger partial charge in [-0.1, -0.05) is 32.4 Å². The lowest BCUT2D eigenvalue weighted by molar-refractivity contribution is -0.0528. The van der Waals surface area contributed by atoms with E-state index in [1.807, 2.05) is 0 Å². The third-order valence-electron chi connectivity index (χ3n) is 9.08. The van der Waals surface area contributed by atoms with Crippen LogP contribution >= 0.6 is 0 Å². The second-order valence-electron chi connectivity index (χ2n) is 10.3. The van der Waals surface area contributed by atoms with Gasteiger partial charge in [0.05, 0.1) is 6.10 Å². The summed E-state index contributed by atoms with van der Waals surface area (Å²) in [6.07, 6.45) is 10.9. The van der Waals surface area contributed by atoms with Gasteiger partial charge in [0.2, 0.25) is 0 Å². The molecule has 0 amide bonds. The maximum Gasteiger partial charge on any atom is 0.0577 e. The quantitative estimate of drug-likeness (QED) is 0.694. The summed E-state index contributed by atoms with van der Waals surface area (Å²) in [6, 6.07) is 0.321. The van der Waals surface area contributed by atoms with E-state index in [4.69, 9.17) is 5.73 Å². The average molecular weight is 332 g/mol. The maximum atomic E-state index is 10.1. The Morgan fingerprint density at radius 2 is 1.96 bits per heavy atom. The van der Waals surface area contributed by atoms with Crippen LogP contribution in [0.3, 0.4) is 0 Å². The van der Waals surface area contributed by atoms with Crippen molar-refractivity contribution in [2.75, 3.05) is 0 Å². The predicted octanol–water partition coefficient (Wildman–Crippen LogP) is 4.52. The lowest BCUT2D eigenvalue weighted by Crippen LogP contribution is -2.52. The van der Waals surface area contributed by atoms with Crippen molar-refractivity contribution < 1.29 is 5.11 Å². The van der Waals surface area contributed by atoms with Crippen molar-refractivity contribution in [3.05, 3.63) is 11.6 Å². The second-order valence-corrected chi connectivity index (χ2v) is 10.3. The molecule has 0 unspecified atom stereocenters. The van der Waals surface area contributed by atoms with Crippen molar-refractivity contribution in [3.8, 4) is 0 Å². The minimum atomic E-state index is -0.0938. The monoisotopic (exact) mass is 331 g/mol. The summed E-state index contributed by atoms with van der Waals surface area (Å²) in [7, 11) is 0. The number of aliphatic hydroxyl groups excluding tert-OH is 1. The Bertz CT molecular complexity index is 540. The molecule has 4 aliphatic carbocycles. The Balaban J connectivity index is 1.67. The van der Waals surface area contributed by atoms with E-state index in [9.17, 15) is 5.11 Å². The van der Waals surface area contributed by atoms with E-state index in [-0.39, 0.29) is 6.10 Å². The molecule has 0 radical (unpaired) electrons. The Hall–Kier alpha value is -0.340. The van der Waals surface area contributed by atoms with E-state index in [0.717, 1.165) is 36.5 Å². The van der Waals surface area contributed by atoms with Gasteiger partial charge in [0.25, 0.3) is 0 Å². The van der Waals surface area contributed by atoms with Crippen LogP contribution in [0.5, 0.6) is 0 Å². The molecule has 0 aromatic heterocycles. The molecule has 24 heavy (non-hydrogen) atoms. The Labute approximate surface area is 148 Å². The fraction of sp³-hybridized carbons (Fsp3) is 0.909. The van der Waals surface area contributed by atoms with E-state index in [1.165, 1.54) is 32.1 Å². The molecule has 0 bridgehead atoms. The largest absolute Gasteiger partial charge is 0.393 e. The number of nitrogens with two attached hydrogens (primary N) is 1. The van der Waals surface area contributed by atoms with E-state index in [2.05, 4.69) is 33.8 Å². The number of rotatable bonds is 1. The highest BCUT2D eigenvalue weighted by Gasteiger charge is 2.60. The van der Waals surface area contributed by atoms with Crippen molar-refractivity contribution in [2.45, 2.75) is 84.8 Å². The van der Waals surface area contributed by atoms with Gasteiger partial charge < -0.3 is 10.8 Å². The molecule has 4 rings (SSSR count). The zero-order valence-electron chi connectivity index (χ0n) is 16.1. The molecule has 3 fully saturated rings. The first-order chi connectivity index (χ1) is 11.3. The average Bonchev–Trinajstić information content (AvgIpc) is 2.78. The molecule has 2 nitrogen and oxygen atoms in total. The fourth-order valence-corrected chi connectivity index (χ4v) is 8.16. The number of hydrogen-bond acceptors (Lipinski definition) is 2. The minimum Gasteiger partial charge on any atom is -0.393 e. The standard InChI is InChI=1S/C22H37NO/c1-13-11-19-17-6-5-15-12-16(24)7-9-21(15,3)18(17)8-10-22(19,4)20(13)14(2)23/h5,13-14,16-20,24H,6-12,23H2,1-4H3/t13-,14-,16+,17-,18+,19+,20-,21+,22+/m1/s1. The van der Waals surface area contributed by atoms with Gasteiger partial charge in [-0.2, -0.15) is 0 Å². The first-order valence-corrected chi connectivity index (χ1v) is 10.4. The lowest BCUT2D eigenvalue weighted by atomic mass is 9.47. The van der Waals surface area contributed by atoms with Crippen LogP contribution in [-0.2, 0) is 0 Å². The summed E-state index contributed by atoms with van der Waals surface area (Å²) < 4.78 is 0. The van der Waals surface area contributed by atoms with Crippen LogP contribution in [-0.4, -0.2) is 17.3 Å². The van der Waals surface area contributed by atoms with E-state index in [1.54, 1.807) is 5.57 Å². The number of hydrogen-bond donors (Lipinski definition) is 2. The SMILES string of the molecule is C[C@@H]1C[C@H]2[C@@H]3CC=C4C[C@@H](O)CC[C@]4(C)[C@H]3CC[C@]2(C)[C@H]1[C@@H](C)N. The molecule has 0 aromatic rings. The smallest absolute Gasteiger partial charge is 0.0577 e. The first-order valence-electron chi connectivity index (χ1n) is 10.4. The van der Waals surface area contributed by atoms with Gasteiger partial charge in [0, 0.05) is 6.04 Å². The minimum absolute atomic E-state index is 0.0938. The van der Waals surface area contributed by atoms with Crippen LogP contribution < -0.4 is 5.73 Å². The van der Waals surface area contributed by atoms with E-state index in [0.29, 0.717) is 22.8 Å². The molecule has 4 aliphatic rings. The predicted molar refractivity (Wildman–Crippen MR) is 99.4 cm³/mol. The van der Waals surface area contributed by atoms with Crippen LogP contribution in [0, 0.1) is 40.4 Å². The van der Waals surface area contributed by atoms with Crippen molar-refractivity contribution in [1.29, 1.82) is 0 Å². The zero-order chi connectivity index (χ0) is 17.3. The lowest BCUT2D eigenvalue weighted by Gasteiger charge is -2.58. The molecule has 0 aliphatic heterocycles. The number of allylic oxidation sites excluding steroid dienone is 1. The van der Waals surface area contributed by atoms with Crippen molar-refractivity contribution in [1.82, 2.24) is 0 Å². The van der Waals surface area contributed by atoms with Crippen molar-refractivity contribution in [2.24, 2.45) is 46.2 Å². The molecule has 0 heterocycles. The van der Waals surface area contributed by atoms with Gasteiger partial charge in [-0.05, 0) is 92.3 Å². The Kier molecular flexibility index (Phi) is 3.97. The Morgan fingerprint density at radius 1 is 1.21 bits per heavy atom. The van der Waals surface area contributed by atoms with Crippen LogP contribution in [0.4, 0.5) is 0 Å². The van der Waals surface area contributed by atoms with E-state index >= 15 is 0 Å². The molecule has 136 valence electrons. The van der Waals surface area contributed by atoms with Crippen LogP contribution in [0.15, 0.2) is 11.6 Å². The summed E-state index contributed by atoms with van der Waals surface area (Å²) in [5.74, 6) is 3.99. The Morgan fingerprint density at radius 3 is 2.67 bits per heavy atom. The van der Waals surface area contributed by atoms with Gasteiger partial charge >= 0.3 is 0 Å². The van der Waals surface area contributed by atoms with Gasteiger partial charge in [-0.25, -0.2) is 0 Å². The third-order valence-corrected chi connectivity index (χ3v) is 9.08. The normalized spacial score (nSPS) is 55.2. The maximum absolute atomic E-state index is 10.1. The van der Waals surface area contributed by atoms with Crippen LogP contribution in [0.1, 0.15) is 72.6 Å².